The van der Waals surface area contributed by atoms with Crippen LogP contribution in [0.3, 0.4) is 0 Å². The summed E-state index contributed by atoms with van der Waals surface area (Å²) in [6.07, 6.45) is 0.982. The quantitative estimate of drug-likeness (QED) is 0.627. The number of aliphatic carboxylic acids is 1. The molecule has 2 amide bonds. The number of hydrogen-bond donors (Lipinski definition) is 3. The first-order chi connectivity index (χ1) is 7.54. The SMILES string of the molecule is CC1CCN(C(=O)N[C@H](CCO)C(=O)O)C1. The Bertz CT molecular complexity index is 270. The summed E-state index contributed by atoms with van der Waals surface area (Å²) in [4.78, 5) is 24.0. The van der Waals surface area contributed by atoms with Crippen molar-refractivity contribution in [2.45, 2.75) is 25.8 Å². The van der Waals surface area contributed by atoms with Gasteiger partial charge in [0.05, 0.1) is 0 Å². The van der Waals surface area contributed by atoms with Gasteiger partial charge in [0.15, 0.2) is 0 Å². The van der Waals surface area contributed by atoms with Gasteiger partial charge >= 0.3 is 12.0 Å². The van der Waals surface area contributed by atoms with Crippen LogP contribution in [0.5, 0.6) is 0 Å². The second-order valence-electron chi connectivity index (χ2n) is 4.19. The fraction of sp³-hybridized carbons (Fsp3) is 0.800. The van der Waals surface area contributed by atoms with E-state index < -0.39 is 12.0 Å². The van der Waals surface area contributed by atoms with Gasteiger partial charge in [-0.1, -0.05) is 6.92 Å². The number of urea groups is 1. The van der Waals surface area contributed by atoms with Crippen LogP contribution in [0.4, 0.5) is 4.79 Å². The lowest BCUT2D eigenvalue weighted by atomic mass is 10.2. The number of aliphatic hydroxyl groups is 1. The number of carbonyl (C=O) groups is 2. The van der Waals surface area contributed by atoms with Crippen LogP contribution >= 0.6 is 0 Å². The van der Waals surface area contributed by atoms with Gasteiger partial charge in [0, 0.05) is 26.1 Å². The standard InChI is InChI=1S/C10H18N2O4/c1-7-2-4-12(6-7)10(16)11-8(3-5-13)9(14)15/h7-8,13H,2-6H2,1H3,(H,11,16)(H,14,15)/t7?,8-/m1/s1. The van der Waals surface area contributed by atoms with Crippen LogP contribution in [-0.2, 0) is 4.79 Å². The van der Waals surface area contributed by atoms with Gasteiger partial charge in [-0.3, -0.25) is 0 Å². The first-order valence-electron chi connectivity index (χ1n) is 5.43. The molecule has 0 radical (unpaired) electrons. The molecule has 3 N–H and O–H groups in total. The van der Waals surface area contributed by atoms with E-state index in [1.165, 1.54) is 0 Å². The Morgan fingerprint density at radius 3 is 2.69 bits per heavy atom. The third kappa shape index (κ3) is 3.37. The third-order valence-electron chi connectivity index (χ3n) is 2.72. The van der Waals surface area contributed by atoms with E-state index in [1.54, 1.807) is 4.90 Å². The van der Waals surface area contributed by atoms with Gasteiger partial charge in [0.25, 0.3) is 0 Å². The summed E-state index contributed by atoms with van der Waals surface area (Å²) in [6.45, 7) is 3.12. The zero-order chi connectivity index (χ0) is 12.1. The Hall–Kier alpha value is -1.30. The largest absolute Gasteiger partial charge is 0.480 e. The molecule has 1 heterocycles. The van der Waals surface area contributed by atoms with Crippen molar-refractivity contribution in [3.05, 3.63) is 0 Å². The van der Waals surface area contributed by atoms with Crippen molar-refractivity contribution in [1.82, 2.24) is 10.2 Å². The van der Waals surface area contributed by atoms with Crippen LogP contribution in [0, 0.1) is 5.92 Å². The molecule has 0 spiro atoms. The van der Waals surface area contributed by atoms with Crippen molar-refractivity contribution < 1.29 is 19.8 Å². The normalized spacial score (nSPS) is 21.9. The number of carboxylic acids is 1. The molecule has 1 fully saturated rings. The Labute approximate surface area is 94.2 Å². The molecule has 0 aromatic carbocycles. The molecule has 1 aliphatic heterocycles. The van der Waals surface area contributed by atoms with Crippen molar-refractivity contribution in [2.24, 2.45) is 5.92 Å². The van der Waals surface area contributed by atoms with Crippen molar-refractivity contribution in [2.75, 3.05) is 19.7 Å². The highest BCUT2D eigenvalue weighted by molar-refractivity contribution is 5.82. The number of carbonyl (C=O) groups excluding carboxylic acids is 1. The summed E-state index contributed by atoms with van der Waals surface area (Å²) in [5, 5.41) is 19.9. The first kappa shape index (κ1) is 12.8. The minimum absolute atomic E-state index is 0.0322. The number of nitrogens with one attached hydrogen (secondary N) is 1. The van der Waals surface area contributed by atoms with Gasteiger partial charge in [-0.05, 0) is 12.3 Å². The van der Waals surface area contributed by atoms with Gasteiger partial charge in [-0.25, -0.2) is 9.59 Å². The Balaban J connectivity index is 2.45. The predicted molar refractivity (Wildman–Crippen MR) is 57.0 cm³/mol. The predicted octanol–water partition coefficient (Wildman–Crippen LogP) is -0.127. The highest BCUT2D eigenvalue weighted by atomic mass is 16.4. The Morgan fingerprint density at radius 1 is 1.56 bits per heavy atom. The zero-order valence-electron chi connectivity index (χ0n) is 9.35. The molecule has 0 aliphatic carbocycles. The minimum atomic E-state index is -1.12. The summed E-state index contributed by atoms with van der Waals surface area (Å²) in [7, 11) is 0. The van der Waals surface area contributed by atoms with Crippen LogP contribution in [-0.4, -0.2) is 52.9 Å². The maximum atomic E-state index is 11.7. The zero-order valence-corrected chi connectivity index (χ0v) is 9.35. The minimum Gasteiger partial charge on any atom is -0.480 e. The molecule has 6 heteroatoms. The highest BCUT2D eigenvalue weighted by Crippen LogP contribution is 2.14. The van der Waals surface area contributed by atoms with Gasteiger partial charge in [0.1, 0.15) is 6.04 Å². The number of amides is 2. The smallest absolute Gasteiger partial charge is 0.326 e. The number of nitrogens with zero attached hydrogens (tertiary/aromatic N) is 1. The first-order valence-corrected chi connectivity index (χ1v) is 5.43. The van der Waals surface area contributed by atoms with E-state index in [-0.39, 0.29) is 19.1 Å². The second-order valence-corrected chi connectivity index (χ2v) is 4.19. The summed E-state index contributed by atoms with van der Waals surface area (Å²) in [5.74, 6) is -0.651. The lowest BCUT2D eigenvalue weighted by Gasteiger charge is -2.20. The Kier molecular flexibility index (Phi) is 4.54. The summed E-state index contributed by atoms with van der Waals surface area (Å²) in [5.41, 5.74) is 0. The van der Waals surface area contributed by atoms with E-state index in [1.807, 2.05) is 0 Å². The lowest BCUT2D eigenvalue weighted by Crippen LogP contribution is -2.47. The van der Waals surface area contributed by atoms with E-state index in [0.29, 0.717) is 19.0 Å². The van der Waals surface area contributed by atoms with Crippen molar-refractivity contribution >= 4 is 12.0 Å². The van der Waals surface area contributed by atoms with Gasteiger partial charge in [-0.15, -0.1) is 0 Å². The van der Waals surface area contributed by atoms with Crippen LogP contribution < -0.4 is 5.32 Å². The molecule has 0 bridgehead atoms. The number of aliphatic hydroxyl groups excluding tert-OH is 1. The molecule has 1 aliphatic rings. The monoisotopic (exact) mass is 230 g/mol. The molecule has 2 atom stereocenters. The maximum Gasteiger partial charge on any atom is 0.326 e. The van der Waals surface area contributed by atoms with E-state index in [4.69, 9.17) is 10.2 Å². The average Bonchev–Trinajstić information content (AvgIpc) is 2.64. The summed E-state index contributed by atoms with van der Waals surface area (Å²) >= 11 is 0. The summed E-state index contributed by atoms with van der Waals surface area (Å²) in [6, 6.07) is -1.36. The molecule has 16 heavy (non-hydrogen) atoms. The summed E-state index contributed by atoms with van der Waals surface area (Å²) < 4.78 is 0. The Morgan fingerprint density at radius 2 is 2.25 bits per heavy atom. The van der Waals surface area contributed by atoms with Crippen LogP contribution in [0.25, 0.3) is 0 Å². The number of hydrogen-bond acceptors (Lipinski definition) is 3. The maximum absolute atomic E-state index is 11.7. The molecule has 1 rings (SSSR count). The van der Waals surface area contributed by atoms with Crippen LogP contribution in [0.15, 0.2) is 0 Å². The molecule has 92 valence electrons. The van der Waals surface area contributed by atoms with Crippen molar-refractivity contribution in [3.63, 3.8) is 0 Å². The fourth-order valence-electron chi connectivity index (χ4n) is 1.75. The molecular weight excluding hydrogens is 212 g/mol. The van der Waals surface area contributed by atoms with E-state index in [2.05, 4.69) is 12.2 Å². The highest BCUT2D eigenvalue weighted by Gasteiger charge is 2.26. The molecule has 0 aromatic rings. The van der Waals surface area contributed by atoms with Crippen molar-refractivity contribution in [3.8, 4) is 0 Å². The van der Waals surface area contributed by atoms with Crippen LogP contribution in [0.2, 0.25) is 0 Å². The molecule has 1 saturated heterocycles. The van der Waals surface area contributed by atoms with Gasteiger partial charge < -0.3 is 20.4 Å². The molecule has 1 unspecified atom stereocenters. The molecular formula is C10H18N2O4. The lowest BCUT2D eigenvalue weighted by molar-refractivity contribution is -0.139. The van der Waals surface area contributed by atoms with E-state index in [9.17, 15) is 9.59 Å². The number of likely N-dealkylation sites (tertiary alicyclic amines) is 1. The van der Waals surface area contributed by atoms with E-state index >= 15 is 0 Å². The number of rotatable bonds is 4. The second kappa shape index (κ2) is 5.69. The third-order valence-corrected chi connectivity index (χ3v) is 2.72. The van der Waals surface area contributed by atoms with Gasteiger partial charge in [0.2, 0.25) is 0 Å². The fourth-order valence-corrected chi connectivity index (χ4v) is 1.75. The molecule has 0 saturated carbocycles. The average molecular weight is 230 g/mol. The van der Waals surface area contributed by atoms with Crippen LogP contribution in [0.1, 0.15) is 19.8 Å². The van der Waals surface area contributed by atoms with E-state index in [0.717, 1.165) is 6.42 Å². The van der Waals surface area contributed by atoms with Gasteiger partial charge in [-0.2, -0.15) is 0 Å². The molecule has 0 aromatic heterocycles. The van der Waals surface area contributed by atoms with Crippen molar-refractivity contribution in [1.29, 1.82) is 0 Å². The molecule has 6 nitrogen and oxygen atoms in total. The number of carboxylic acid groups (broad SMARTS) is 1. The topological polar surface area (TPSA) is 89.9 Å².